The van der Waals surface area contributed by atoms with Gasteiger partial charge in [-0.2, -0.15) is 0 Å². The summed E-state index contributed by atoms with van der Waals surface area (Å²) in [5, 5.41) is 4.23. The summed E-state index contributed by atoms with van der Waals surface area (Å²) in [6.45, 7) is 7.68. The van der Waals surface area contributed by atoms with Crippen molar-refractivity contribution in [3.05, 3.63) is 0 Å². The molecule has 0 atom stereocenters. The Morgan fingerprint density at radius 2 is 2.00 bits per heavy atom. The molecular formula is C10H20N2S. The van der Waals surface area contributed by atoms with Crippen molar-refractivity contribution in [2.24, 2.45) is 5.41 Å². The second kappa shape index (κ2) is 3.82. The summed E-state index contributed by atoms with van der Waals surface area (Å²) < 4.78 is 0. The first-order valence-corrected chi connectivity index (χ1v) is 5.31. The van der Waals surface area contributed by atoms with Crippen molar-refractivity contribution in [2.45, 2.75) is 39.7 Å². The van der Waals surface area contributed by atoms with Crippen LogP contribution in [0.3, 0.4) is 0 Å². The van der Waals surface area contributed by atoms with Crippen LogP contribution >= 0.6 is 12.2 Å². The Morgan fingerprint density at radius 3 is 2.38 bits per heavy atom. The van der Waals surface area contributed by atoms with E-state index in [1.165, 1.54) is 12.8 Å². The fraction of sp³-hybridized carbons (Fsp3) is 0.900. The molecule has 1 aliphatic rings. The van der Waals surface area contributed by atoms with Crippen molar-refractivity contribution < 1.29 is 0 Å². The molecule has 0 aromatic rings. The molecule has 0 bridgehead atoms. The molecule has 0 radical (unpaired) electrons. The van der Waals surface area contributed by atoms with Crippen LogP contribution in [0, 0.1) is 5.41 Å². The van der Waals surface area contributed by atoms with Gasteiger partial charge in [0, 0.05) is 19.6 Å². The van der Waals surface area contributed by atoms with Gasteiger partial charge in [-0.1, -0.05) is 20.8 Å². The quantitative estimate of drug-likeness (QED) is 0.686. The maximum absolute atomic E-state index is 5.28. The molecule has 0 aromatic carbocycles. The molecule has 0 saturated heterocycles. The number of thiocarbonyl (C=S) groups is 1. The maximum atomic E-state index is 5.28. The van der Waals surface area contributed by atoms with Crippen LogP contribution in [0.1, 0.15) is 33.6 Å². The van der Waals surface area contributed by atoms with E-state index in [1.807, 2.05) is 0 Å². The average Bonchev–Trinajstić information content (AvgIpc) is 2.67. The lowest BCUT2D eigenvalue weighted by Crippen LogP contribution is -2.42. The summed E-state index contributed by atoms with van der Waals surface area (Å²) in [5.41, 5.74) is 0.310. The summed E-state index contributed by atoms with van der Waals surface area (Å²) in [6, 6.07) is 0.662. The van der Waals surface area contributed by atoms with Gasteiger partial charge in [0.05, 0.1) is 0 Å². The average molecular weight is 200 g/mol. The zero-order valence-corrected chi connectivity index (χ0v) is 9.87. The molecule has 1 aliphatic carbocycles. The summed E-state index contributed by atoms with van der Waals surface area (Å²) in [7, 11) is 2.06. The lowest BCUT2D eigenvalue weighted by atomic mass is 9.96. The van der Waals surface area contributed by atoms with E-state index in [0.29, 0.717) is 11.5 Å². The van der Waals surface area contributed by atoms with E-state index in [9.17, 15) is 0 Å². The van der Waals surface area contributed by atoms with E-state index >= 15 is 0 Å². The van der Waals surface area contributed by atoms with Crippen molar-refractivity contribution in [3.63, 3.8) is 0 Å². The standard InChI is InChI=1S/C10H20N2S/c1-10(2,3)7-12(4)9(13)11-8-5-6-8/h8H,5-7H2,1-4H3,(H,11,13). The van der Waals surface area contributed by atoms with Gasteiger partial charge in [0.1, 0.15) is 0 Å². The normalized spacial score (nSPS) is 16.9. The van der Waals surface area contributed by atoms with Gasteiger partial charge in [0.2, 0.25) is 0 Å². The zero-order chi connectivity index (χ0) is 10.1. The zero-order valence-electron chi connectivity index (χ0n) is 9.05. The molecule has 0 amide bonds. The molecule has 13 heavy (non-hydrogen) atoms. The highest BCUT2D eigenvalue weighted by atomic mass is 32.1. The molecule has 76 valence electrons. The van der Waals surface area contributed by atoms with Gasteiger partial charge < -0.3 is 10.2 Å². The third-order valence-corrected chi connectivity index (χ3v) is 2.39. The third kappa shape index (κ3) is 4.46. The highest BCUT2D eigenvalue weighted by Crippen LogP contribution is 2.20. The van der Waals surface area contributed by atoms with Crippen LogP contribution in [0.4, 0.5) is 0 Å². The van der Waals surface area contributed by atoms with Crippen molar-refractivity contribution >= 4 is 17.3 Å². The highest BCUT2D eigenvalue weighted by Gasteiger charge is 2.24. The molecule has 0 aromatic heterocycles. The molecule has 0 spiro atoms. The van der Waals surface area contributed by atoms with E-state index in [4.69, 9.17) is 12.2 Å². The van der Waals surface area contributed by atoms with Crippen LogP contribution in [0.15, 0.2) is 0 Å². The molecule has 3 heteroatoms. The minimum atomic E-state index is 0.310. The molecule has 1 rings (SSSR count). The number of hydrogen-bond acceptors (Lipinski definition) is 1. The SMILES string of the molecule is CN(CC(C)(C)C)C(=S)NC1CC1. The topological polar surface area (TPSA) is 15.3 Å². The lowest BCUT2D eigenvalue weighted by Gasteiger charge is -2.28. The Labute approximate surface area is 86.7 Å². The van der Waals surface area contributed by atoms with Crippen LogP contribution in [0.5, 0.6) is 0 Å². The van der Waals surface area contributed by atoms with Crippen LogP contribution in [-0.4, -0.2) is 29.6 Å². The van der Waals surface area contributed by atoms with Gasteiger partial charge in [-0.3, -0.25) is 0 Å². The summed E-state index contributed by atoms with van der Waals surface area (Å²) >= 11 is 5.28. The largest absolute Gasteiger partial charge is 0.360 e. The van der Waals surface area contributed by atoms with Crippen molar-refractivity contribution in [2.75, 3.05) is 13.6 Å². The number of rotatable bonds is 2. The first kappa shape index (κ1) is 10.8. The first-order valence-electron chi connectivity index (χ1n) is 4.90. The smallest absolute Gasteiger partial charge is 0.168 e. The van der Waals surface area contributed by atoms with Gasteiger partial charge in [-0.05, 0) is 30.5 Å². The van der Waals surface area contributed by atoms with E-state index in [2.05, 4.69) is 38.0 Å². The Morgan fingerprint density at radius 1 is 1.46 bits per heavy atom. The third-order valence-electron chi connectivity index (χ3n) is 1.96. The molecule has 1 saturated carbocycles. The van der Waals surface area contributed by atoms with Gasteiger partial charge in [-0.15, -0.1) is 0 Å². The summed E-state index contributed by atoms with van der Waals surface area (Å²) in [6.07, 6.45) is 2.56. The Kier molecular flexibility index (Phi) is 3.17. The van der Waals surface area contributed by atoms with Crippen LogP contribution in [-0.2, 0) is 0 Å². The van der Waals surface area contributed by atoms with Crippen molar-refractivity contribution in [3.8, 4) is 0 Å². The molecule has 1 N–H and O–H groups in total. The first-order chi connectivity index (χ1) is 5.88. The minimum absolute atomic E-state index is 0.310. The van der Waals surface area contributed by atoms with Crippen LogP contribution in [0.2, 0.25) is 0 Å². The number of hydrogen-bond donors (Lipinski definition) is 1. The molecule has 2 nitrogen and oxygen atoms in total. The number of nitrogens with zero attached hydrogens (tertiary/aromatic N) is 1. The van der Waals surface area contributed by atoms with Crippen LogP contribution in [0.25, 0.3) is 0 Å². The molecular weight excluding hydrogens is 180 g/mol. The lowest BCUT2D eigenvalue weighted by molar-refractivity contribution is 0.303. The van der Waals surface area contributed by atoms with Gasteiger partial charge in [0.15, 0.2) is 5.11 Å². The molecule has 0 heterocycles. The Bertz CT molecular complexity index is 192. The Balaban J connectivity index is 2.28. The highest BCUT2D eigenvalue weighted by molar-refractivity contribution is 7.80. The second-order valence-electron chi connectivity index (χ2n) is 5.14. The summed E-state index contributed by atoms with van der Waals surface area (Å²) in [4.78, 5) is 2.13. The second-order valence-corrected chi connectivity index (χ2v) is 5.53. The number of nitrogens with one attached hydrogen (secondary N) is 1. The fourth-order valence-electron chi connectivity index (χ4n) is 1.30. The molecule has 0 aliphatic heterocycles. The minimum Gasteiger partial charge on any atom is -0.360 e. The van der Waals surface area contributed by atoms with Gasteiger partial charge >= 0.3 is 0 Å². The van der Waals surface area contributed by atoms with Crippen LogP contribution < -0.4 is 5.32 Å². The summed E-state index contributed by atoms with van der Waals surface area (Å²) in [5.74, 6) is 0. The van der Waals surface area contributed by atoms with Crippen molar-refractivity contribution in [1.82, 2.24) is 10.2 Å². The van der Waals surface area contributed by atoms with E-state index in [0.717, 1.165) is 11.7 Å². The van der Waals surface area contributed by atoms with E-state index in [1.54, 1.807) is 0 Å². The van der Waals surface area contributed by atoms with Gasteiger partial charge in [0.25, 0.3) is 0 Å². The van der Waals surface area contributed by atoms with Gasteiger partial charge in [-0.25, -0.2) is 0 Å². The maximum Gasteiger partial charge on any atom is 0.168 e. The fourth-order valence-corrected chi connectivity index (χ4v) is 1.53. The predicted molar refractivity (Wildman–Crippen MR) is 60.8 cm³/mol. The van der Waals surface area contributed by atoms with Crippen molar-refractivity contribution in [1.29, 1.82) is 0 Å². The monoisotopic (exact) mass is 200 g/mol. The predicted octanol–water partition coefficient (Wildman–Crippen LogP) is 2.00. The van der Waals surface area contributed by atoms with E-state index in [-0.39, 0.29) is 0 Å². The Hall–Kier alpha value is -0.310. The van der Waals surface area contributed by atoms with E-state index < -0.39 is 0 Å². The molecule has 1 fully saturated rings. The molecule has 0 unspecified atom stereocenters.